The van der Waals surface area contributed by atoms with Crippen molar-refractivity contribution in [1.29, 1.82) is 0 Å². The van der Waals surface area contributed by atoms with Gasteiger partial charge in [0.2, 0.25) is 5.60 Å². The van der Waals surface area contributed by atoms with Gasteiger partial charge in [-0.25, -0.2) is 13.2 Å². The number of hydrogen-bond acceptors (Lipinski definition) is 9. The number of nitrogens with zero attached hydrogens (tertiary/aromatic N) is 1. The van der Waals surface area contributed by atoms with Gasteiger partial charge in [0.1, 0.15) is 40.5 Å². The van der Waals surface area contributed by atoms with Crippen LogP contribution in [0.3, 0.4) is 0 Å². The van der Waals surface area contributed by atoms with E-state index in [9.17, 15) is 22.9 Å². The maximum atomic E-state index is 13.1. The SMILES string of the molecule is C[N+]1(C)[C@@H]2CC(OC(=O)C(O)(c3cccs3)c3cccs3)C[C@@H]1[C@H]1O[C@H]12.Cc1ccc(S(=O)(=O)[O-])cc1. The Morgan fingerprint density at radius 1 is 1.03 bits per heavy atom. The molecule has 3 saturated heterocycles. The number of hydrogen-bond donors (Lipinski definition) is 1. The average molecular weight is 564 g/mol. The normalized spacial score (nSPS) is 27.5. The Morgan fingerprint density at radius 3 is 1.97 bits per heavy atom. The molecule has 1 aromatic carbocycles. The molecule has 3 aliphatic heterocycles. The van der Waals surface area contributed by atoms with Crippen LogP contribution in [0, 0.1) is 6.92 Å². The van der Waals surface area contributed by atoms with Gasteiger partial charge >= 0.3 is 5.97 Å². The van der Waals surface area contributed by atoms with Gasteiger partial charge in [-0.1, -0.05) is 29.8 Å². The number of fused-ring (bicyclic) bond motifs is 5. The second-order valence-electron chi connectivity index (χ2n) is 10.3. The number of ether oxygens (including phenoxy) is 2. The van der Waals surface area contributed by atoms with Crippen LogP contribution in [-0.4, -0.2) is 73.0 Å². The van der Waals surface area contributed by atoms with Crippen LogP contribution in [0.5, 0.6) is 0 Å². The van der Waals surface area contributed by atoms with E-state index in [-0.39, 0.29) is 11.0 Å². The lowest BCUT2D eigenvalue weighted by Gasteiger charge is -2.45. The number of carbonyl (C=O) groups is 1. The van der Waals surface area contributed by atoms with Crippen molar-refractivity contribution >= 4 is 38.8 Å². The number of carbonyl (C=O) groups excluding carboxylic acids is 1. The van der Waals surface area contributed by atoms with Gasteiger partial charge < -0.3 is 23.6 Å². The summed E-state index contributed by atoms with van der Waals surface area (Å²) in [4.78, 5) is 14.2. The topological polar surface area (TPSA) is 116 Å². The molecule has 0 radical (unpaired) electrons. The van der Waals surface area contributed by atoms with Crippen molar-refractivity contribution in [2.45, 2.75) is 60.7 Å². The van der Waals surface area contributed by atoms with Gasteiger partial charge in [-0.3, -0.25) is 0 Å². The summed E-state index contributed by atoms with van der Waals surface area (Å²) in [6.45, 7) is 1.82. The standard InChI is InChI=1S/C19H22NO4S2.C7H8O3S/c1-20(2)12-9-11(10-13(20)17-16(12)24-17)23-18(21)19(22,14-5-3-7-25-14)15-6-4-8-26-15;1-6-2-4-7(5-3-6)11(8,9)10/h3-8,11-13,16-17,22H,9-10H2,1-2H3;2-5H,1H3,(H,8,9,10)/q+1;/p-1/t11?,12-,13-,16-,17+;/m1./s1. The number of likely N-dealkylation sites (N-methyl/N-ethyl adjacent to an activating group) is 1. The third-order valence-electron chi connectivity index (χ3n) is 7.67. The van der Waals surface area contributed by atoms with Gasteiger partial charge in [-0.2, -0.15) is 0 Å². The zero-order chi connectivity index (χ0) is 26.6. The maximum absolute atomic E-state index is 13.1. The Balaban J connectivity index is 0.000000215. The lowest BCUT2D eigenvalue weighted by molar-refractivity contribution is -0.938. The molecule has 2 aromatic heterocycles. The molecule has 0 amide bonds. The second kappa shape index (κ2) is 9.57. The fourth-order valence-electron chi connectivity index (χ4n) is 5.53. The van der Waals surface area contributed by atoms with E-state index < -0.39 is 21.7 Å². The maximum Gasteiger partial charge on any atom is 0.349 e. The molecule has 5 atom stereocenters. The van der Waals surface area contributed by atoms with E-state index in [0.29, 0.717) is 34.0 Å². The number of aliphatic hydroxyl groups is 1. The molecule has 0 aliphatic carbocycles. The summed E-state index contributed by atoms with van der Waals surface area (Å²) >= 11 is 2.74. The van der Waals surface area contributed by atoms with E-state index in [0.717, 1.165) is 22.9 Å². The highest BCUT2D eigenvalue weighted by atomic mass is 32.2. The minimum atomic E-state index is -4.27. The molecule has 3 aromatic rings. The summed E-state index contributed by atoms with van der Waals surface area (Å²) in [5.41, 5.74) is -0.791. The fraction of sp³-hybridized carbons (Fsp3) is 0.423. The second-order valence-corrected chi connectivity index (χ2v) is 13.5. The van der Waals surface area contributed by atoms with Crippen LogP contribution in [0.4, 0.5) is 0 Å². The first-order chi connectivity index (χ1) is 17.4. The van der Waals surface area contributed by atoms with Crippen molar-refractivity contribution in [1.82, 2.24) is 0 Å². The smallest absolute Gasteiger partial charge is 0.349 e. The minimum Gasteiger partial charge on any atom is -0.744 e. The summed E-state index contributed by atoms with van der Waals surface area (Å²) in [5.74, 6) is -0.561. The van der Waals surface area contributed by atoms with E-state index in [4.69, 9.17) is 9.47 Å². The Morgan fingerprint density at radius 2 is 1.54 bits per heavy atom. The van der Waals surface area contributed by atoms with Gasteiger partial charge in [-0.05, 0) is 41.9 Å². The molecule has 0 spiro atoms. The Kier molecular flexibility index (Phi) is 6.85. The molecular weight excluding hydrogens is 534 g/mol. The lowest BCUT2D eigenvalue weighted by Crippen LogP contribution is -2.60. The van der Waals surface area contributed by atoms with Crippen LogP contribution < -0.4 is 0 Å². The molecule has 5 heterocycles. The summed E-state index contributed by atoms with van der Waals surface area (Å²) < 4.78 is 43.8. The first-order valence-electron chi connectivity index (χ1n) is 11.9. The number of esters is 1. The van der Waals surface area contributed by atoms with Gasteiger partial charge in [0.25, 0.3) is 0 Å². The molecule has 3 aliphatic rings. The van der Waals surface area contributed by atoms with Crippen molar-refractivity contribution in [2.75, 3.05) is 14.1 Å². The third kappa shape index (κ3) is 4.89. The number of quaternary nitrogens is 1. The van der Waals surface area contributed by atoms with Crippen molar-refractivity contribution < 1.29 is 36.8 Å². The van der Waals surface area contributed by atoms with Crippen LogP contribution in [0.25, 0.3) is 0 Å². The zero-order valence-electron chi connectivity index (χ0n) is 20.6. The van der Waals surface area contributed by atoms with E-state index in [1.54, 1.807) is 24.3 Å². The van der Waals surface area contributed by atoms with Crippen LogP contribution in [-0.2, 0) is 30.0 Å². The number of aryl methyl sites for hydroxylation is 1. The van der Waals surface area contributed by atoms with E-state index in [2.05, 4.69) is 14.1 Å². The highest BCUT2D eigenvalue weighted by Gasteiger charge is 2.71. The highest BCUT2D eigenvalue weighted by Crippen LogP contribution is 2.52. The van der Waals surface area contributed by atoms with E-state index >= 15 is 0 Å². The minimum absolute atomic E-state index is 0.161. The van der Waals surface area contributed by atoms with Crippen molar-refractivity contribution in [2.24, 2.45) is 0 Å². The molecule has 11 heteroatoms. The number of benzene rings is 1. The van der Waals surface area contributed by atoms with E-state index in [1.165, 1.54) is 34.8 Å². The number of piperidine rings is 1. The van der Waals surface area contributed by atoms with Gasteiger partial charge in [0.05, 0.1) is 28.7 Å². The molecule has 37 heavy (non-hydrogen) atoms. The largest absolute Gasteiger partial charge is 0.744 e. The van der Waals surface area contributed by atoms with Gasteiger partial charge in [0, 0.05) is 12.8 Å². The Bertz CT molecular complexity index is 1300. The summed E-state index contributed by atoms with van der Waals surface area (Å²) in [6.07, 6.45) is 2.05. The molecule has 2 bridgehead atoms. The van der Waals surface area contributed by atoms with Crippen molar-refractivity contribution in [3.05, 3.63) is 74.6 Å². The van der Waals surface area contributed by atoms with Crippen molar-refractivity contribution in [3.63, 3.8) is 0 Å². The Labute approximate surface area is 224 Å². The molecule has 1 N–H and O–H groups in total. The van der Waals surface area contributed by atoms with Crippen molar-refractivity contribution in [3.8, 4) is 0 Å². The molecule has 198 valence electrons. The Hall–Kier alpha value is -2.12. The van der Waals surface area contributed by atoms with Gasteiger partial charge in [0.15, 0.2) is 0 Å². The van der Waals surface area contributed by atoms with Crippen LogP contribution in [0.15, 0.2) is 64.2 Å². The number of epoxide rings is 1. The first-order valence-corrected chi connectivity index (χ1v) is 15.1. The molecule has 0 saturated carbocycles. The zero-order valence-corrected chi connectivity index (χ0v) is 23.1. The summed E-state index contributed by atoms with van der Waals surface area (Å²) in [5, 5.41) is 15.1. The molecule has 1 unspecified atom stereocenters. The molecule has 6 rings (SSSR count). The van der Waals surface area contributed by atoms with Crippen LogP contribution >= 0.6 is 22.7 Å². The van der Waals surface area contributed by atoms with Crippen LogP contribution in [0.2, 0.25) is 0 Å². The molecular formula is C26H29NO7S3. The molecule has 3 fully saturated rings. The summed E-state index contributed by atoms with van der Waals surface area (Å²) in [6, 6.07) is 13.8. The van der Waals surface area contributed by atoms with Gasteiger partial charge in [-0.15, -0.1) is 22.7 Å². The summed E-state index contributed by atoms with van der Waals surface area (Å²) in [7, 11) is 0.224. The number of morpholine rings is 1. The lowest BCUT2D eigenvalue weighted by atomic mass is 9.95. The predicted octanol–water partition coefficient (Wildman–Crippen LogP) is 3.24. The van der Waals surface area contributed by atoms with Crippen LogP contribution in [0.1, 0.15) is 28.2 Å². The first kappa shape index (κ1) is 26.5. The number of thiophene rings is 2. The number of rotatable bonds is 5. The van der Waals surface area contributed by atoms with E-state index in [1.807, 2.05) is 29.8 Å². The monoisotopic (exact) mass is 563 g/mol. The highest BCUT2D eigenvalue weighted by molar-refractivity contribution is 7.85. The fourth-order valence-corrected chi connectivity index (χ4v) is 7.72. The third-order valence-corrected chi connectivity index (χ3v) is 10.5. The average Bonchev–Trinajstić information content (AvgIpc) is 3.17. The predicted molar refractivity (Wildman–Crippen MR) is 138 cm³/mol. The quantitative estimate of drug-likeness (QED) is 0.219. The molecule has 8 nitrogen and oxygen atoms in total.